The van der Waals surface area contributed by atoms with Crippen molar-refractivity contribution in [1.29, 1.82) is 5.26 Å². The van der Waals surface area contributed by atoms with Crippen molar-refractivity contribution in [1.82, 2.24) is 4.98 Å². The number of benzene rings is 1. The van der Waals surface area contributed by atoms with E-state index < -0.39 is 5.82 Å². The second kappa shape index (κ2) is 5.83. The lowest BCUT2D eigenvalue weighted by molar-refractivity contribution is 0.397. The first-order chi connectivity index (χ1) is 9.22. The summed E-state index contributed by atoms with van der Waals surface area (Å²) in [5.41, 5.74) is 1.82. The van der Waals surface area contributed by atoms with Crippen molar-refractivity contribution in [3.05, 3.63) is 53.5 Å². The number of nitrogens with one attached hydrogen (secondary N) is 1. The Morgan fingerprint density at radius 3 is 2.84 bits per heavy atom. The molecule has 19 heavy (non-hydrogen) atoms. The van der Waals surface area contributed by atoms with Gasteiger partial charge in [0, 0.05) is 18.8 Å². The minimum atomic E-state index is -0.423. The highest BCUT2D eigenvalue weighted by molar-refractivity contribution is 5.57. The van der Waals surface area contributed by atoms with Crippen molar-refractivity contribution >= 4 is 5.69 Å². The number of nitrogens with zero attached hydrogens (tertiary/aromatic N) is 2. The Morgan fingerprint density at radius 2 is 2.21 bits per heavy atom. The smallest absolute Gasteiger partial charge is 0.212 e. The van der Waals surface area contributed by atoms with E-state index >= 15 is 0 Å². The number of rotatable bonds is 4. The number of hydrogen-bond acceptors (Lipinski definition) is 4. The number of pyridine rings is 1. The van der Waals surface area contributed by atoms with Crippen LogP contribution in [0.5, 0.6) is 5.88 Å². The van der Waals surface area contributed by atoms with Crippen LogP contribution in [0.25, 0.3) is 0 Å². The van der Waals surface area contributed by atoms with E-state index in [2.05, 4.69) is 10.3 Å². The molecule has 0 unspecified atom stereocenters. The van der Waals surface area contributed by atoms with Crippen molar-refractivity contribution in [3.63, 3.8) is 0 Å². The Bertz CT molecular complexity index is 605. The van der Waals surface area contributed by atoms with Crippen LogP contribution in [0.3, 0.4) is 0 Å². The molecule has 0 saturated carbocycles. The third-order valence-corrected chi connectivity index (χ3v) is 2.59. The van der Waals surface area contributed by atoms with Crippen molar-refractivity contribution < 1.29 is 9.13 Å². The van der Waals surface area contributed by atoms with Crippen LogP contribution in [0.2, 0.25) is 0 Å². The van der Waals surface area contributed by atoms with Gasteiger partial charge in [-0.1, -0.05) is 6.07 Å². The highest BCUT2D eigenvalue weighted by Crippen LogP contribution is 2.17. The van der Waals surface area contributed by atoms with Gasteiger partial charge < -0.3 is 10.1 Å². The predicted octanol–water partition coefficient (Wildman–Crippen LogP) is 2.71. The van der Waals surface area contributed by atoms with E-state index in [4.69, 9.17) is 10.00 Å². The minimum absolute atomic E-state index is 0.279. The summed E-state index contributed by atoms with van der Waals surface area (Å²) in [6.45, 7) is 0.497. The molecule has 0 radical (unpaired) electrons. The molecule has 0 amide bonds. The first kappa shape index (κ1) is 12.8. The monoisotopic (exact) mass is 257 g/mol. The standard InChI is InChI=1S/C14H12FN3O/c1-19-14-5-2-10(9-18-14)8-17-13-4-3-12(15)6-11(13)7-16/h2-6,9,17H,8H2,1H3. The number of aromatic nitrogens is 1. The second-order valence-electron chi connectivity index (χ2n) is 3.86. The second-order valence-corrected chi connectivity index (χ2v) is 3.86. The molecule has 0 spiro atoms. The Balaban J connectivity index is 2.08. The Kier molecular flexibility index (Phi) is 3.94. The van der Waals surface area contributed by atoms with Gasteiger partial charge in [-0.15, -0.1) is 0 Å². The van der Waals surface area contributed by atoms with Crippen molar-refractivity contribution in [2.24, 2.45) is 0 Å². The molecule has 2 aromatic rings. The molecule has 0 aliphatic rings. The molecular formula is C14H12FN3O. The van der Waals surface area contributed by atoms with Gasteiger partial charge in [-0.05, 0) is 23.8 Å². The van der Waals surface area contributed by atoms with E-state index in [0.29, 0.717) is 18.1 Å². The number of nitriles is 1. The van der Waals surface area contributed by atoms with Crippen molar-refractivity contribution in [3.8, 4) is 11.9 Å². The third-order valence-electron chi connectivity index (χ3n) is 2.59. The molecule has 2 rings (SSSR count). The number of hydrogen-bond donors (Lipinski definition) is 1. The van der Waals surface area contributed by atoms with Gasteiger partial charge in [0.2, 0.25) is 5.88 Å². The largest absolute Gasteiger partial charge is 0.481 e. The van der Waals surface area contributed by atoms with Crippen LogP contribution in [0.4, 0.5) is 10.1 Å². The van der Waals surface area contributed by atoms with E-state index in [0.717, 1.165) is 5.56 Å². The zero-order chi connectivity index (χ0) is 13.7. The molecule has 0 saturated heterocycles. The summed E-state index contributed by atoms with van der Waals surface area (Å²) >= 11 is 0. The van der Waals surface area contributed by atoms with Gasteiger partial charge in [-0.25, -0.2) is 9.37 Å². The van der Waals surface area contributed by atoms with Crippen LogP contribution in [-0.4, -0.2) is 12.1 Å². The number of ether oxygens (including phenoxy) is 1. The molecule has 0 atom stereocenters. The fraction of sp³-hybridized carbons (Fsp3) is 0.143. The van der Waals surface area contributed by atoms with E-state index in [1.54, 1.807) is 25.4 Å². The molecule has 96 valence electrons. The van der Waals surface area contributed by atoms with Gasteiger partial charge in [-0.3, -0.25) is 0 Å². The topological polar surface area (TPSA) is 57.9 Å². The van der Waals surface area contributed by atoms with Gasteiger partial charge in [0.05, 0.1) is 18.4 Å². The number of halogens is 1. The van der Waals surface area contributed by atoms with Crippen LogP contribution < -0.4 is 10.1 Å². The maximum absolute atomic E-state index is 13.0. The minimum Gasteiger partial charge on any atom is -0.481 e. The molecule has 0 fully saturated rings. The summed E-state index contributed by atoms with van der Waals surface area (Å²) in [7, 11) is 1.55. The van der Waals surface area contributed by atoms with Gasteiger partial charge in [0.1, 0.15) is 11.9 Å². The van der Waals surface area contributed by atoms with E-state index in [-0.39, 0.29) is 5.56 Å². The number of anilines is 1. The molecular weight excluding hydrogens is 245 g/mol. The van der Waals surface area contributed by atoms with E-state index in [1.807, 2.05) is 12.1 Å². The average molecular weight is 257 g/mol. The van der Waals surface area contributed by atoms with Gasteiger partial charge in [0.15, 0.2) is 0 Å². The highest BCUT2D eigenvalue weighted by atomic mass is 19.1. The van der Waals surface area contributed by atoms with Crippen LogP contribution in [0, 0.1) is 17.1 Å². The van der Waals surface area contributed by atoms with Gasteiger partial charge in [0.25, 0.3) is 0 Å². The Morgan fingerprint density at radius 1 is 1.37 bits per heavy atom. The number of methoxy groups -OCH3 is 1. The molecule has 1 aromatic carbocycles. The summed E-state index contributed by atoms with van der Waals surface area (Å²) in [6, 6.07) is 9.64. The van der Waals surface area contributed by atoms with Crippen LogP contribution in [0.15, 0.2) is 36.5 Å². The average Bonchev–Trinajstić information content (AvgIpc) is 2.46. The van der Waals surface area contributed by atoms with Crippen LogP contribution >= 0.6 is 0 Å². The lowest BCUT2D eigenvalue weighted by Gasteiger charge is -2.08. The first-order valence-corrected chi connectivity index (χ1v) is 5.65. The lowest BCUT2D eigenvalue weighted by Crippen LogP contribution is -2.02. The first-order valence-electron chi connectivity index (χ1n) is 5.65. The van der Waals surface area contributed by atoms with E-state index in [1.165, 1.54) is 12.1 Å². The Labute approximate surface area is 110 Å². The van der Waals surface area contributed by atoms with Crippen LogP contribution in [-0.2, 0) is 6.54 Å². The summed E-state index contributed by atoms with van der Waals surface area (Å²) in [6.07, 6.45) is 1.68. The third kappa shape index (κ3) is 3.19. The maximum atomic E-state index is 13.0. The fourth-order valence-corrected chi connectivity index (χ4v) is 1.60. The van der Waals surface area contributed by atoms with Gasteiger partial charge in [-0.2, -0.15) is 5.26 Å². The van der Waals surface area contributed by atoms with Gasteiger partial charge >= 0.3 is 0 Å². The molecule has 0 aliphatic heterocycles. The van der Waals surface area contributed by atoms with Crippen LogP contribution in [0.1, 0.15) is 11.1 Å². The fourth-order valence-electron chi connectivity index (χ4n) is 1.60. The SMILES string of the molecule is COc1ccc(CNc2ccc(F)cc2C#N)cn1. The van der Waals surface area contributed by atoms with Crippen molar-refractivity contribution in [2.45, 2.75) is 6.54 Å². The summed E-state index contributed by atoms with van der Waals surface area (Å²) in [5, 5.41) is 12.0. The summed E-state index contributed by atoms with van der Waals surface area (Å²) in [5.74, 6) is 0.122. The normalized spacial score (nSPS) is 9.74. The molecule has 1 N–H and O–H groups in total. The van der Waals surface area contributed by atoms with E-state index in [9.17, 15) is 4.39 Å². The predicted molar refractivity (Wildman–Crippen MR) is 69.2 cm³/mol. The lowest BCUT2D eigenvalue weighted by atomic mass is 10.2. The molecule has 1 heterocycles. The molecule has 0 bridgehead atoms. The Hall–Kier alpha value is -2.61. The zero-order valence-electron chi connectivity index (χ0n) is 10.4. The zero-order valence-corrected chi connectivity index (χ0v) is 10.4. The quantitative estimate of drug-likeness (QED) is 0.914. The van der Waals surface area contributed by atoms with Crippen molar-refractivity contribution in [2.75, 3.05) is 12.4 Å². The summed E-state index contributed by atoms with van der Waals surface area (Å²) < 4.78 is 17.9. The highest BCUT2D eigenvalue weighted by Gasteiger charge is 2.03. The summed E-state index contributed by atoms with van der Waals surface area (Å²) in [4.78, 5) is 4.08. The maximum Gasteiger partial charge on any atom is 0.212 e. The molecule has 4 nitrogen and oxygen atoms in total. The molecule has 1 aromatic heterocycles. The molecule has 5 heteroatoms. The molecule has 0 aliphatic carbocycles.